The van der Waals surface area contributed by atoms with Gasteiger partial charge in [-0.1, -0.05) is 52.9 Å². The zero-order chi connectivity index (χ0) is 24.2. The van der Waals surface area contributed by atoms with E-state index in [-0.39, 0.29) is 17.7 Å². The van der Waals surface area contributed by atoms with Gasteiger partial charge in [-0.3, -0.25) is 9.59 Å². The number of rotatable bonds is 7. The Bertz CT molecular complexity index is 755. The van der Waals surface area contributed by atoms with Crippen LogP contribution in [0.4, 0.5) is 5.82 Å². The van der Waals surface area contributed by atoms with Crippen molar-refractivity contribution in [1.82, 2.24) is 15.6 Å². The molecule has 2 amide bonds. The highest BCUT2D eigenvalue weighted by Gasteiger charge is 2.27. The first-order chi connectivity index (χ1) is 15.8. The van der Waals surface area contributed by atoms with Gasteiger partial charge in [0.15, 0.2) is 0 Å². The first kappa shape index (κ1) is 27.1. The molecule has 0 fully saturated rings. The monoisotopic (exact) mass is 460 g/mol. The summed E-state index contributed by atoms with van der Waals surface area (Å²) >= 11 is 0. The average molecular weight is 461 g/mol. The van der Waals surface area contributed by atoms with Crippen molar-refractivity contribution in [2.45, 2.75) is 97.6 Å². The molecule has 7 nitrogen and oxygen atoms in total. The van der Waals surface area contributed by atoms with Crippen molar-refractivity contribution in [3.63, 3.8) is 0 Å². The van der Waals surface area contributed by atoms with Crippen LogP contribution in [0.2, 0.25) is 0 Å². The fraction of sp³-hybridized carbons (Fsp3) is 0.731. The Morgan fingerprint density at radius 2 is 2.03 bits per heavy atom. The minimum atomic E-state index is -0.792. The van der Waals surface area contributed by atoms with Gasteiger partial charge in [0.1, 0.15) is 5.82 Å². The van der Waals surface area contributed by atoms with E-state index < -0.39 is 12.1 Å². The minimum Gasteiger partial charge on any atom is -0.391 e. The highest BCUT2D eigenvalue weighted by atomic mass is 16.3. The third-order valence-corrected chi connectivity index (χ3v) is 6.45. The lowest BCUT2D eigenvalue weighted by Gasteiger charge is -2.28. The van der Waals surface area contributed by atoms with E-state index in [1.807, 2.05) is 13.8 Å². The van der Waals surface area contributed by atoms with Crippen molar-refractivity contribution in [3.8, 4) is 0 Å². The number of hydrogen-bond donors (Lipinski definition) is 4. The Morgan fingerprint density at radius 3 is 2.79 bits per heavy atom. The fourth-order valence-corrected chi connectivity index (χ4v) is 4.39. The topological polar surface area (TPSA) is 103 Å². The zero-order valence-corrected chi connectivity index (χ0v) is 21.0. The smallest absolute Gasteiger partial charge is 0.251 e. The maximum Gasteiger partial charge on any atom is 0.251 e. The number of nitrogens with one attached hydrogen (secondary N) is 3. The molecule has 7 heteroatoms. The molecule has 33 heavy (non-hydrogen) atoms. The van der Waals surface area contributed by atoms with Crippen molar-refractivity contribution in [2.24, 2.45) is 11.8 Å². The van der Waals surface area contributed by atoms with Gasteiger partial charge in [0.05, 0.1) is 12.1 Å². The van der Waals surface area contributed by atoms with Crippen LogP contribution >= 0.6 is 0 Å². The molecule has 0 saturated heterocycles. The number of aromatic nitrogens is 1. The lowest BCUT2D eigenvalue weighted by atomic mass is 9.89. The molecule has 0 spiro atoms. The average Bonchev–Trinajstić information content (AvgIpc) is 2.77. The van der Waals surface area contributed by atoms with Gasteiger partial charge in [-0.2, -0.15) is 0 Å². The van der Waals surface area contributed by atoms with Crippen LogP contribution in [-0.4, -0.2) is 47.1 Å². The van der Waals surface area contributed by atoms with Crippen molar-refractivity contribution in [3.05, 3.63) is 23.4 Å². The molecule has 0 aromatic carbocycles. The number of carbonyl (C=O) groups excluding carboxylic acids is 2. The van der Waals surface area contributed by atoms with Crippen molar-refractivity contribution >= 4 is 17.6 Å². The fourth-order valence-electron chi connectivity index (χ4n) is 4.39. The van der Waals surface area contributed by atoms with Gasteiger partial charge in [-0.05, 0) is 50.7 Å². The molecular weight excluding hydrogens is 416 g/mol. The normalized spacial score (nSPS) is 22.2. The van der Waals surface area contributed by atoms with Crippen LogP contribution in [0.15, 0.2) is 12.1 Å². The van der Waals surface area contributed by atoms with E-state index in [0.717, 1.165) is 50.8 Å². The number of aliphatic hydroxyl groups excluding tert-OH is 1. The molecule has 0 aliphatic carbocycles. The number of hydrogen-bond acceptors (Lipinski definition) is 5. The van der Waals surface area contributed by atoms with Gasteiger partial charge in [0.25, 0.3) is 5.91 Å². The molecule has 186 valence electrons. The van der Waals surface area contributed by atoms with Crippen LogP contribution in [0.25, 0.3) is 0 Å². The predicted octanol–water partition coefficient (Wildman–Crippen LogP) is 4.19. The second-order valence-corrected chi connectivity index (χ2v) is 9.78. The number of anilines is 1. The van der Waals surface area contributed by atoms with Gasteiger partial charge < -0.3 is 21.1 Å². The van der Waals surface area contributed by atoms with E-state index in [9.17, 15) is 14.7 Å². The van der Waals surface area contributed by atoms with Gasteiger partial charge in [-0.15, -0.1) is 0 Å². The number of carbonyl (C=O) groups is 2. The van der Waals surface area contributed by atoms with E-state index in [4.69, 9.17) is 0 Å². The summed E-state index contributed by atoms with van der Waals surface area (Å²) in [6.45, 7) is 9.48. The number of amides is 2. The first-order valence-electron chi connectivity index (χ1n) is 12.8. The van der Waals surface area contributed by atoms with Crippen LogP contribution in [0, 0.1) is 18.8 Å². The molecule has 0 radical (unpaired) electrons. The molecule has 0 unspecified atom stereocenters. The SMILES string of the molecule is CCCCNC(=O)[C@H](C)C[C@H](O)[C@@H]1C[C@H](C)CCCCCCNc2cc(cc(C)n2)C(=O)N1. The van der Waals surface area contributed by atoms with E-state index in [2.05, 4.69) is 34.8 Å². The number of aliphatic hydroxyl groups is 1. The third-order valence-electron chi connectivity index (χ3n) is 6.45. The summed E-state index contributed by atoms with van der Waals surface area (Å²) in [5.74, 6) is 0.503. The molecule has 0 saturated carbocycles. The highest BCUT2D eigenvalue weighted by molar-refractivity contribution is 5.95. The van der Waals surface area contributed by atoms with Crippen LogP contribution in [0.1, 0.15) is 94.6 Å². The Kier molecular flexibility index (Phi) is 11.6. The summed E-state index contributed by atoms with van der Waals surface area (Å²) in [5, 5.41) is 20.4. The lowest BCUT2D eigenvalue weighted by Crippen LogP contribution is -2.46. The zero-order valence-electron chi connectivity index (χ0n) is 21.0. The van der Waals surface area contributed by atoms with Crippen molar-refractivity contribution < 1.29 is 14.7 Å². The molecule has 1 aromatic rings. The summed E-state index contributed by atoms with van der Waals surface area (Å²) < 4.78 is 0. The molecule has 1 aliphatic heterocycles. The van der Waals surface area contributed by atoms with Gasteiger partial charge >= 0.3 is 0 Å². The molecule has 1 aliphatic rings. The van der Waals surface area contributed by atoms with Gasteiger partial charge in [-0.25, -0.2) is 4.98 Å². The quantitative estimate of drug-likeness (QED) is 0.457. The van der Waals surface area contributed by atoms with E-state index in [1.54, 1.807) is 12.1 Å². The largest absolute Gasteiger partial charge is 0.391 e. The maximum absolute atomic E-state index is 13.1. The Morgan fingerprint density at radius 1 is 1.27 bits per heavy atom. The van der Waals surface area contributed by atoms with E-state index in [0.29, 0.717) is 36.7 Å². The summed E-state index contributed by atoms with van der Waals surface area (Å²) in [6, 6.07) is 3.14. The molecule has 4 N–H and O–H groups in total. The van der Waals surface area contributed by atoms with Crippen LogP contribution in [0.3, 0.4) is 0 Å². The Hall–Kier alpha value is -2.15. The van der Waals surface area contributed by atoms with Crippen LogP contribution < -0.4 is 16.0 Å². The van der Waals surface area contributed by atoms with Crippen molar-refractivity contribution in [1.29, 1.82) is 0 Å². The van der Waals surface area contributed by atoms with Gasteiger partial charge in [0.2, 0.25) is 5.91 Å². The van der Waals surface area contributed by atoms with Gasteiger partial charge in [0, 0.05) is 30.3 Å². The summed E-state index contributed by atoms with van der Waals surface area (Å²) in [5.41, 5.74) is 1.31. The van der Waals surface area contributed by atoms with Crippen molar-refractivity contribution in [2.75, 3.05) is 18.4 Å². The number of nitrogens with zero attached hydrogens (tertiary/aromatic N) is 1. The summed E-state index contributed by atoms with van der Waals surface area (Å²) in [4.78, 5) is 30.0. The minimum absolute atomic E-state index is 0.0421. The number of pyridine rings is 1. The number of aryl methyl sites for hydroxylation is 1. The van der Waals surface area contributed by atoms with E-state index >= 15 is 0 Å². The maximum atomic E-state index is 13.1. The number of unbranched alkanes of at least 4 members (excludes halogenated alkanes) is 1. The number of fused-ring (bicyclic) bond motifs is 2. The highest BCUT2D eigenvalue weighted by Crippen LogP contribution is 2.21. The summed E-state index contributed by atoms with van der Waals surface area (Å²) in [7, 11) is 0. The molecule has 4 atom stereocenters. The standard InChI is InChI=1S/C26H44N4O3/c1-5-6-12-28-25(32)19(3)15-23(31)22-14-18(2)11-9-7-8-10-13-27-24-17-21(26(33)30-22)16-20(4)29-24/h16-19,22-23,31H,5-15H2,1-4H3,(H,27,29)(H,28,32)(H,30,33)/t18-,19-,22+,23+/m1/s1. The summed E-state index contributed by atoms with van der Waals surface area (Å²) in [6.07, 6.45) is 7.79. The molecule has 2 rings (SSSR count). The predicted molar refractivity (Wildman–Crippen MR) is 133 cm³/mol. The molecular formula is C26H44N4O3. The Balaban J connectivity index is 2.14. The lowest BCUT2D eigenvalue weighted by molar-refractivity contribution is -0.125. The Labute approximate surface area is 199 Å². The molecule has 2 bridgehead atoms. The second-order valence-electron chi connectivity index (χ2n) is 9.78. The molecule has 2 heterocycles. The third kappa shape index (κ3) is 9.70. The van der Waals surface area contributed by atoms with Crippen LogP contribution in [0.5, 0.6) is 0 Å². The second kappa shape index (κ2) is 14.2. The van der Waals surface area contributed by atoms with E-state index in [1.165, 1.54) is 6.42 Å². The van der Waals surface area contributed by atoms with Crippen LogP contribution in [-0.2, 0) is 4.79 Å². The first-order valence-corrected chi connectivity index (χ1v) is 12.8. The molecule has 1 aromatic heterocycles.